The highest BCUT2D eigenvalue weighted by Gasteiger charge is 2.25. The molecule has 1 fully saturated rings. The van der Waals surface area contributed by atoms with E-state index in [9.17, 15) is 0 Å². The Hall–Kier alpha value is -1.02. The normalized spacial score (nSPS) is 23.9. The van der Waals surface area contributed by atoms with Gasteiger partial charge in [-0.1, -0.05) is 31.9 Å². The summed E-state index contributed by atoms with van der Waals surface area (Å²) in [6, 6.07) is 9.14. The van der Waals surface area contributed by atoms with Crippen LogP contribution in [0.5, 0.6) is 0 Å². The standard InChI is InChI=1S/C15H23NO/c1-2-13-4-3-5-15(13)16-14-8-6-12(7-9-14)10-11-17/h6-9,13,15-17H,2-5,10-11H2,1H3. The van der Waals surface area contributed by atoms with Gasteiger partial charge in [0.05, 0.1) is 0 Å². The summed E-state index contributed by atoms with van der Waals surface area (Å²) in [4.78, 5) is 0. The summed E-state index contributed by atoms with van der Waals surface area (Å²) < 4.78 is 0. The molecule has 17 heavy (non-hydrogen) atoms. The number of nitrogens with one attached hydrogen (secondary N) is 1. The predicted octanol–water partition coefficient (Wildman–Crippen LogP) is 3.21. The summed E-state index contributed by atoms with van der Waals surface area (Å²) in [6.07, 6.45) is 6.06. The molecule has 2 N–H and O–H groups in total. The van der Waals surface area contributed by atoms with E-state index in [0.717, 1.165) is 12.3 Å². The first kappa shape index (κ1) is 12.4. The largest absolute Gasteiger partial charge is 0.396 e. The average molecular weight is 233 g/mol. The van der Waals surface area contributed by atoms with Crippen molar-refractivity contribution in [3.8, 4) is 0 Å². The summed E-state index contributed by atoms with van der Waals surface area (Å²) >= 11 is 0. The van der Waals surface area contributed by atoms with Gasteiger partial charge in [0.1, 0.15) is 0 Å². The number of hydrogen-bond acceptors (Lipinski definition) is 2. The zero-order valence-electron chi connectivity index (χ0n) is 10.7. The first-order valence-electron chi connectivity index (χ1n) is 6.80. The Kier molecular flexibility index (Phi) is 4.43. The minimum Gasteiger partial charge on any atom is -0.396 e. The Bertz CT molecular complexity index is 333. The van der Waals surface area contributed by atoms with Crippen molar-refractivity contribution in [2.45, 2.75) is 45.1 Å². The summed E-state index contributed by atoms with van der Waals surface area (Å²) in [5.74, 6) is 0.840. The van der Waals surface area contributed by atoms with Crippen LogP contribution in [0.4, 0.5) is 5.69 Å². The first-order chi connectivity index (χ1) is 8.33. The molecule has 94 valence electrons. The van der Waals surface area contributed by atoms with Crippen LogP contribution in [0, 0.1) is 5.92 Å². The van der Waals surface area contributed by atoms with Crippen LogP contribution in [-0.2, 0) is 6.42 Å². The number of aliphatic hydroxyl groups excluding tert-OH is 1. The number of benzene rings is 1. The Balaban J connectivity index is 1.94. The lowest BCUT2D eigenvalue weighted by molar-refractivity contribution is 0.299. The van der Waals surface area contributed by atoms with E-state index in [4.69, 9.17) is 5.11 Å². The number of aliphatic hydroxyl groups is 1. The molecule has 0 heterocycles. The fourth-order valence-electron chi connectivity index (χ4n) is 2.83. The highest BCUT2D eigenvalue weighted by atomic mass is 16.2. The van der Waals surface area contributed by atoms with Gasteiger partial charge >= 0.3 is 0 Å². The number of hydrogen-bond donors (Lipinski definition) is 2. The van der Waals surface area contributed by atoms with Gasteiger partial charge < -0.3 is 10.4 Å². The molecule has 0 amide bonds. The van der Waals surface area contributed by atoms with E-state index in [1.807, 2.05) is 0 Å². The molecule has 0 saturated heterocycles. The number of rotatable bonds is 5. The second-order valence-corrected chi connectivity index (χ2v) is 5.02. The van der Waals surface area contributed by atoms with Crippen molar-refractivity contribution in [1.29, 1.82) is 0 Å². The molecule has 0 radical (unpaired) electrons. The van der Waals surface area contributed by atoms with Crippen LogP contribution in [0.2, 0.25) is 0 Å². The van der Waals surface area contributed by atoms with Gasteiger partial charge in [-0.15, -0.1) is 0 Å². The molecule has 0 aromatic heterocycles. The molecule has 2 atom stereocenters. The third kappa shape index (κ3) is 3.22. The van der Waals surface area contributed by atoms with E-state index >= 15 is 0 Å². The second-order valence-electron chi connectivity index (χ2n) is 5.02. The van der Waals surface area contributed by atoms with Crippen LogP contribution in [0.1, 0.15) is 38.2 Å². The highest BCUT2D eigenvalue weighted by molar-refractivity contribution is 5.45. The minimum atomic E-state index is 0.229. The molecule has 0 aliphatic heterocycles. The van der Waals surface area contributed by atoms with E-state index in [2.05, 4.69) is 36.5 Å². The zero-order chi connectivity index (χ0) is 12.1. The molecular weight excluding hydrogens is 210 g/mol. The second kappa shape index (κ2) is 6.06. The topological polar surface area (TPSA) is 32.3 Å². The summed E-state index contributed by atoms with van der Waals surface area (Å²) in [7, 11) is 0. The molecule has 1 aliphatic carbocycles. The zero-order valence-corrected chi connectivity index (χ0v) is 10.7. The van der Waals surface area contributed by atoms with E-state index in [0.29, 0.717) is 6.04 Å². The summed E-state index contributed by atoms with van der Waals surface area (Å²) in [6.45, 7) is 2.52. The Morgan fingerprint density at radius 2 is 2.00 bits per heavy atom. The van der Waals surface area contributed by atoms with E-state index < -0.39 is 0 Å². The molecule has 1 aliphatic rings. The lowest BCUT2D eigenvalue weighted by Crippen LogP contribution is -2.23. The van der Waals surface area contributed by atoms with Crippen molar-refractivity contribution in [1.82, 2.24) is 0 Å². The van der Waals surface area contributed by atoms with Gasteiger partial charge in [-0.05, 0) is 42.9 Å². The molecule has 1 aromatic rings. The molecule has 0 spiro atoms. The molecule has 2 rings (SSSR count). The van der Waals surface area contributed by atoms with Crippen molar-refractivity contribution in [2.24, 2.45) is 5.92 Å². The van der Waals surface area contributed by atoms with E-state index in [-0.39, 0.29) is 6.61 Å². The van der Waals surface area contributed by atoms with Gasteiger partial charge in [-0.2, -0.15) is 0 Å². The lowest BCUT2D eigenvalue weighted by atomic mass is 10.0. The highest BCUT2D eigenvalue weighted by Crippen LogP contribution is 2.30. The maximum absolute atomic E-state index is 8.87. The van der Waals surface area contributed by atoms with Gasteiger partial charge in [-0.25, -0.2) is 0 Å². The van der Waals surface area contributed by atoms with Crippen LogP contribution >= 0.6 is 0 Å². The van der Waals surface area contributed by atoms with Crippen molar-refractivity contribution < 1.29 is 5.11 Å². The fourth-order valence-corrected chi connectivity index (χ4v) is 2.83. The van der Waals surface area contributed by atoms with Crippen molar-refractivity contribution in [2.75, 3.05) is 11.9 Å². The third-order valence-corrected chi connectivity index (χ3v) is 3.89. The number of anilines is 1. The SMILES string of the molecule is CCC1CCCC1Nc1ccc(CCO)cc1. The smallest absolute Gasteiger partial charge is 0.0471 e. The Morgan fingerprint density at radius 1 is 1.24 bits per heavy atom. The molecule has 1 saturated carbocycles. The third-order valence-electron chi connectivity index (χ3n) is 3.89. The molecule has 1 aromatic carbocycles. The van der Waals surface area contributed by atoms with Crippen LogP contribution in [0.3, 0.4) is 0 Å². The van der Waals surface area contributed by atoms with Gasteiger partial charge in [0.25, 0.3) is 0 Å². The maximum Gasteiger partial charge on any atom is 0.0471 e. The summed E-state index contributed by atoms with van der Waals surface area (Å²) in [5.41, 5.74) is 2.42. The van der Waals surface area contributed by atoms with Crippen molar-refractivity contribution >= 4 is 5.69 Å². The monoisotopic (exact) mass is 233 g/mol. The Morgan fingerprint density at radius 3 is 2.65 bits per heavy atom. The van der Waals surface area contributed by atoms with E-state index in [1.165, 1.54) is 36.9 Å². The average Bonchev–Trinajstić information content (AvgIpc) is 2.79. The molecule has 0 bridgehead atoms. The minimum absolute atomic E-state index is 0.229. The van der Waals surface area contributed by atoms with Gasteiger partial charge in [0.2, 0.25) is 0 Å². The van der Waals surface area contributed by atoms with Crippen LogP contribution in [0.15, 0.2) is 24.3 Å². The summed E-state index contributed by atoms with van der Waals surface area (Å²) in [5, 5.41) is 12.5. The Labute approximate surface area is 104 Å². The first-order valence-corrected chi connectivity index (χ1v) is 6.80. The fraction of sp³-hybridized carbons (Fsp3) is 0.600. The quantitative estimate of drug-likeness (QED) is 0.818. The predicted molar refractivity (Wildman–Crippen MR) is 72.3 cm³/mol. The van der Waals surface area contributed by atoms with Crippen LogP contribution in [0.25, 0.3) is 0 Å². The molecule has 2 unspecified atom stereocenters. The van der Waals surface area contributed by atoms with E-state index in [1.54, 1.807) is 0 Å². The molecule has 2 heteroatoms. The van der Waals surface area contributed by atoms with Crippen LogP contribution in [-0.4, -0.2) is 17.8 Å². The van der Waals surface area contributed by atoms with Gasteiger partial charge in [-0.3, -0.25) is 0 Å². The lowest BCUT2D eigenvalue weighted by Gasteiger charge is -2.21. The van der Waals surface area contributed by atoms with Crippen LogP contribution < -0.4 is 5.32 Å². The maximum atomic E-state index is 8.87. The molecule has 2 nitrogen and oxygen atoms in total. The van der Waals surface area contributed by atoms with Crippen molar-refractivity contribution in [3.05, 3.63) is 29.8 Å². The van der Waals surface area contributed by atoms with Crippen molar-refractivity contribution in [3.63, 3.8) is 0 Å². The van der Waals surface area contributed by atoms with Gasteiger partial charge in [0.15, 0.2) is 0 Å². The molecular formula is C15H23NO. The van der Waals surface area contributed by atoms with Gasteiger partial charge in [0, 0.05) is 18.3 Å².